The zero-order chi connectivity index (χ0) is 14.3. The molecule has 0 radical (unpaired) electrons. The maximum absolute atomic E-state index is 12.3. The van der Waals surface area contributed by atoms with E-state index in [-0.39, 0.29) is 24.1 Å². The standard InChI is InChI=1S/C12H15ClF2N2OS.ClH/c1-16-6-5-11(18)17-9-4-2-3-8(13)12(9)19-7-10(14)15;/h2-4,10,16H,5-7H2,1H3,(H,17,18);1H. The molecular weight excluding hydrogens is 329 g/mol. The van der Waals surface area contributed by atoms with Crippen molar-refractivity contribution >= 4 is 47.4 Å². The van der Waals surface area contributed by atoms with E-state index >= 15 is 0 Å². The smallest absolute Gasteiger partial charge is 0.247 e. The number of hydrogen-bond donors (Lipinski definition) is 2. The molecule has 0 saturated carbocycles. The molecule has 0 aromatic heterocycles. The van der Waals surface area contributed by atoms with E-state index in [2.05, 4.69) is 10.6 Å². The molecule has 0 spiro atoms. The molecule has 1 aromatic rings. The van der Waals surface area contributed by atoms with Gasteiger partial charge in [0, 0.05) is 17.9 Å². The number of benzene rings is 1. The Morgan fingerprint density at radius 2 is 2.15 bits per heavy atom. The normalized spacial score (nSPS) is 10.2. The highest BCUT2D eigenvalue weighted by Crippen LogP contribution is 2.35. The van der Waals surface area contributed by atoms with E-state index in [1.165, 1.54) is 0 Å². The predicted molar refractivity (Wildman–Crippen MR) is 82.6 cm³/mol. The van der Waals surface area contributed by atoms with E-state index in [0.29, 0.717) is 28.6 Å². The zero-order valence-electron chi connectivity index (χ0n) is 10.8. The van der Waals surface area contributed by atoms with E-state index in [0.717, 1.165) is 11.8 Å². The van der Waals surface area contributed by atoms with Gasteiger partial charge in [0.15, 0.2) is 0 Å². The minimum Gasteiger partial charge on any atom is -0.325 e. The summed E-state index contributed by atoms with van der Waals surface area (Å²) in [4.78, 5) is 12.1. The number of alkyl halides is 2. The lowest BCUT2D eigenvalue weighted by Crippen LogP contribution is -2.19. The molecule has 0 heterocycles. The molecular formula is C12H16Cl2F2N2OS. The number of carbonyl (C=O) groups is 1. The Hall–Kier alpha value is -0.560. The van der Waals surface area contributed by atoms with Gasteiger partial charge in [-0.2, -0.15) is 0 Å². The number of halogens is 4. The second kappa shape index (κ2) is 10.2. The van der Waals surface area contributed by atoms with Crippen molar-refractivity contribution in [1.82, 2.24) is 5.32 Å². The molecule has 1 rings (SSSR count). The maximum atomic E-state index is 12.3. The van der Waals surface area contributed by atoms with Gasteiger partial charge in [0.2, 0.25) is 12.3 Å². The van der Waals surface area contributed by atoms with Crippen LogP contribution in [0.25, 0.3) is 0 Å². The van der Waals surface area contributed by atoms with Crippen molar-refractivity contribution in [3.05, 3.63) is 23.2 Å². The van der Waals surface area contributed by atoms with Crippen molar-refractivity contribution in [2.45, 2.75) is 17.7 Å². The summed E-state index contributed by atoms with van der Waals surface area (Å²) in [6.45, 7) is 0.548. The summed E-state index contributed by atoms with van der Waals surface area (Å²) in [7, 11) is 1.75. The third kappa shape index (κ3) is 6.74. The lowest BCUT2D eigenvalue weighted by atomic mass is 10.3. The van der Waals surface area contributed by atoms with Gasteiger partial charge >= 0.3 is 0 Å². The van der Waals surface area contributed by atoms with Crippen LogP contribution in [0, 0.1) is 0 Å². The van der Waals surface area contributed by atoms with Crippen LogP contribution in [-0.2, 0) is 4.79 Å². The van der Waals surface area contributed by atoms with Gasteiger partial charge in [-0.1, -0.05) is 17.7 Å². The van der Waals surface area contributed by atoms with Gasteiger partial charge in [0.25, 0.3) is 0 Å². The quantitative estimate of drug-likeness (QED) is 0.741. The third-order valence-electron chi connectivity index (χ3n) is 2.20. The van der Waals surface area contributed by atoms with Crippen LogP contribution in [0.2, 0.25) is 5.02 Å². The molecule has 0 fully saturated rings. The summed E-state index contributed by atoms with van der Waals surface area (Å²) in [5.74, 6) is -0.543. The monoisotopic (exact) mass is 344 g/mol. The number of carbonyl (C=O) groups excluding carboxylic acids is 1. The summed E-state index contributed by atoms with van der Waals surface area (Å²) in [6, 6.07) is 4.93. The first-order valence-corrected chi connectivity index (χ1v) is 7.05. The topological polar surface area (TPSA) is 41.1 Å². The first-order valence-electron chi connectivity index (χ1n) is 5.68. The van der Waals surface area contributed by atoms with E-state index in [4.69, 9.17) is 11.6 Å². The van der Waals surface area contributed by atoms with Crippen LogP contribution < -0.4 is 10.6 Å². The second-order valence-electron chi connectivity index (χ2n) is 3.72. The number of hydrogen-bond acceptors (Lipinski definition) is 3. The number of thioether (sulfide) groups is 1. The molecule has 0 aliphatic rings. The van der Waals surface area contributed by atoms with Gasteiger partial charge in [-0.3, -0.25) is 4.79 Å². The van der Waals surface area contributed by atoms with Crippen LogP contribution in [0.5, 0.6) is 0 Å². The highest BCUT2D eigenvalue weighted by Gasteiger charge is 2.13. The highest BCUT2D eigenvalue weighted by molar-refractivity contribution is 7.99. The molecule has 0 saturated heterocycles. The fourth-order valence-electron chi connectivity index (χ4n) is 1.35. The minimum absolute atomic E-state index is 0. The van der Waals surface area contributed by atoms with Gasteiger partial charge < -0.3 is 10.6 Å². The van der Waals surface area contributed by atoms with Crippen LogP contribution in [-0.4, -0.2) is 31.7 Å². The first-order chi connectivity index (χ1) is 9.04. The number of rotatable bonds is 7. The molecule has 2 N–H and O–H groups in total. The molecule has 0 aliphatic carbocycles. The second-order valence-corrected chi connectivity index (χ2v) is 5.16. The molecule has 0 bridgehead atoms. The summed E-state index contributed by atoms with van der Waals surface area (Å²) in [5.41, 5.74) is 0.472. The molecule has 1 amide bonds. The Morgan fingerprint density at radius 3 is 2.75 bits per heavy atom. The number of nitrogens with one attached hydrogen (secondary N) is 2. The van der Waals surface area contributed by atoms with Gasteiger partial charge in [-0.15, -0.1) is 24.2 Å². The SMILES string of the molecule is CNCCC(=O)Nc1cccc(Cl)c1SCC(F)F.Cl. The van der Waals surface area contributed by atoms with Crippen LogP contribution in [0.15, 0.2) is 23.1 Å². The fourth-order valence-corrected chi connectivity index (χ4v) is 2.46. The summed E-state index contributed by atoms with van der Waals surface area (Å²) in [5, 5.41) is 5.90. The van der Waals surface area contributed by atoms with Crippen LogP contribution in [0.1, 0.15) is 6.42 Å². The molecule has 0 atom stereocenters. The van der Waals surface area contributed by atoms with Crippen LogP contribution in [0.3, 0.4) is 0 Å². The Kier molecular flexibility index (Phi) is 9.92. The average molecular weight is 345 g/mol. The van der Waals surface area contributed by atoms with Crippen molar-refractivity contribution in [3.8, 4) is 0 Å². The zero-order valence-corrected chi connectivity index (χ0v) is 13.2. The highest BCUT2D eigenvalue weighted by atomic mass is 35.5. The van der Waals surface area contributed by atoms with Crippen molar-refractivity contribution in [2.24, 2.45) is 0 Å². The number of anilines is 1. The average Bonchev–Trinajstić information content (AvgIpc) is 2.35. The molecule has 0 aliphatic heterocycles. The van der Waals surface area contributed by atoms with E-state index in [9.17, 15) is 13.6 Å². The summed E-state index contributed by atoms with van der Waals surface area (Å²) >= 11 is 6.91. The lowest BCUT2D eigenvalue weighted by Gasteiger charge is -2.12. The van der Waals surface area contributed by atoms with Gasteiger partial charge in [-0.25, -0.2) is 8.78 Å². The summed E-state index contributed by atoms with van der Waals surface area (Å²) < 4.78 is 24.5. The van der Waals surface area contributed by atoms with E-state index in [1.54, 1.807) is 25.2 Å². The molecule has 114 valence electrons. The van der Waals surface area contributed by atoms with E-state index < -0.39 is 6.43 Å². The van der Waals surface area contributed by atoms with Gasteiger partial charge in [0.1, 0.15) is 0 Å². The molecule has 20 heavy (non-hydrogen) atoms. The van der Waals surface area contributed by atoms with Crippen LogP contribution >= 0.6 is 35.8 Å². The van der Waals surface area contributed by atoms with Gasteiger partial charge in [0.05, 0.1) is 16.5 Å². The Bertz CT molecular complexity index is 436. The van der Waals surface area contributed by atoms with Crippen LogP contribution in [0.4, 0.5) is 14.5 Å². The molecule has 3 nitrogen and oxygen atoms in total. The molecule has 0 unspecified atom stereocenters. The van der Waals surface area contributed by atoms with Crippen molar-refractivity contribution in [1.29, 1.82) is 0 Å². The fraction of sp³-hybridized carbons (Fsp3) is 0.417. The Balaban J connectivity index is 0.00000361. The summed E-state index contributed by atoms with van der Waals surface area (Å²) in [6.07, 6.45) is -2.11. The Morgan fingerprint density at radius 1 is 1.45 bits per heavy atom. The largest absolute Gasteiger partial charge is 0.325 e. The van der Waals surface area contributed by atoms with E-state index in [1.807, 2.05) is 0 Å². The third-order valence-corrected chi connectivity index (χ3v) is 3.77. The van der Waals surface area contributed by atoms with Crippen molar-refractivity contribution in [2.75, 3.05) is 24.7 Å². The Labute approximate surface area is 132 Å². The van der Waals surface area contributed by atoms with Gasteiger partial charge in [-0.05, 0) is 19.2 Å². The predicted octanol–water partition coefficient (Wildman–Crippen LogP) is 3.67. The molecule has 1 aromatic carbocycles. The van der Waals surface area contributed by atoms with Crippen molar-refractivity contribution in [3.63, 3.8) is 0 Å². The minimum atomic E-state index is -2.42. The maximum Gasteiger partial charge on any atom is 0.247 e. The molecule has 8 heteroatoms. The lowest BCUT2D eigenvalue weighted by molar-refractivity contribution is -0.116. The van der Waals surface area contributed by atoms with Crippen molar-refractivity contribution < 1.29 is 13.6 Å². The number of amides is 1. The first kappa shape index (κ1) is 19.4.